The summed E-state index contributed by atoms with van der Waals surface area (Å²) < 4.78 is 6.61. The van der Waals surface area contributed by atoms with Crippen molar-refractivity contribution in [1.29, 1.82) is 0 Å². The summed E-state index contributed by atoms with van der Waals surface area (Å²) in [6, 6.07) is 16.4. The number of H-pyrrole nitrogens is 1. The standard InChI is InChI=1S/C22H23N5O2S/c1-3-26-14-23-20-19(26)21(28)25-22(29)27(20)13-17-8-6-16(7-9-17)12-24-30-18-10-4-15(2)5-11-18/h4-11,14,24H,3,12-13H2,1-2H3,(H,25,28,29). The van der Waals surface area contributed by atoms with Crippen LogP contribution < -0.4 is 16.0 Å². The van der Waals surface area contributed by atoms with Gasteiger partial charge in [-0.25, -0.2) is 9.78 Å². The zero-order valence-corrected chi connectivity index (χ0v) is 17.7. The summed E-state index contributed by atoms with van der Waals surface area (Å²) in [5.41, 5.74) is 3.33. The fourth-order valence-corrected chi connectivity index (χ4v) is 3.94. The van der Waals surface area contributed by atoms with Gasteiger partial charge in [0.25, 0.3) is 5.56 Å². The van der Waals surface area contributed by atoms with E-state index in [1.165, 1.54) is 15.0 Å². The minimum absolute atomic E-state index is 0.346. The van der Waals surface area contributed by atoms with E-state index < -0.39 is 11.2 Å². The predicted octanol–water partition coefficient (Wildman–Crippen LogP) is 3.06. The number of fused-ring (bicyclic) bond motifs is 1. The highest BCUT2D eigenvalue weighted by Gasteiger charge is 2.13. The van der Waals surface area contributed by atoms with Gasteiger partial charge in [0.15, 0.2) is 11.2 Å². The summed E-state index contributed by atoms with van der Waals surface area (Å²) in [4.78, 5) is 32.4. The minimum Gasteiger partial charge on any atom is -0.325 e. The Morgan fingerprint density at radius 2 is 1.73 bits per heavy atom. The van der Waals surface area contributed by atoms with Gasteiger partial charge in [0, 0.05) is 18.0 Å². The third kappa shape index (κ3) is 4.24. The highest BCUT2D eigenvalue weighted by atomic mass is 32.2. The Labute approximate surface area is 177 Å². The van der Waals surface area contributed by atoms with Gasteiger partial charge in [0.2, 0.25) is 0 Å². The average Bonchev–Trinajstić information content (AvgIpc) is 3.18. The molecular formula is C22H23N5O2S. The number of aryl methyl sites for hydroxylation is 2. The minimum atomic E-state index is -0.450. The fourth-order valence-electron chi connectivity index (χ4n) is 3.26. The molecule has 0 spiro atoms. The average molecular weight is 422 g/mol. The van der Waals surface area contributed by atoms with Crippen LogP contribution in [0, 0.1) is 6.92 Å². The van der Waals surface area contributed by atoms with Gasteiger partial charge in [-0.3, -0.25) is 19.1 Å². The number of benzene rings is 2. The summed E-state index contributed by atoms with van der Waals surface area (Å²) in [5, 5.41) is 0. The van der Waals surface area contributed by atoms with Gasteiger partial charge < -0.3 is 4.57 Å². The molecule has 0 aliphatic rings. The normalized spacial score (nSPS) is 11.3. The number of aromatic nitrogens is 4. The number of hydrogen-bond donors (Lipinski definition) is 2. The zero-order chi connectivity index (χ0) is 21.1. The summed E-state index contributed by atoms with van der Waals surface area (Å²) in [7, 11) is 0. The SMILES string of the molecule is CCn1cnc2c1c(=O)[nH]c(=O)n2Cc1ccc(CNSc2ccc(C)cc2)cc1. The first-order valence-electron chi connectivity index (χ1n) is 9.77. The molecule has 4 rings (SSSR count). The molecule has 2 aromatic heterocycles. The van der Waals surface area contributed by atoms with E-state index >= 15 is 0 Å². The molecule has 0 saturated carbocycles. The van der Waals surface area contributed by atoms with Crippen LogP contribution in [0.5, 0.6) is 0 Å². The third-order valence-corrected chi connectivity index (χ3v) is 5.74. The largest absolute Gasteiger partial charge is 0.330 e. The lowest BCUT2D eigenvalue weighted by Crippen LogP contribution is -2.31. The molecular weight excluding hydrogens is 398 g/mol. The van der Waals surface area contributed by atoms with E-state index in [1.54, 1.807) is 22.8 Å². The van der Waals surface area contributed by atoms with Crippen LogP contribution in [0.1, 0.15) is 23.6 Å². The molecule has 0 aliphatic carbocycles. The Kier molecular flexibility index (Phi) is 5.87. The molecule has 30 heavy (non-hydrogen) atoms. The monoisotopic (exact) mass is 421 g/mol. The lowest BCUT2D eigenvalue weighted by Gasteiger charge is -2.09. The second-order valence-electron chi connectivity index (χ2n) is 7.10. The van der Waals surface area contributed by atoms with Crippen LogP contribution >= 0.6 is 11.9 Å². The predicted molar refractivity (Wildman–Crippen MR) is 120 cm³/mol. The van der Waals surface area contributed by atoms with Crippen LogP contribution in [0.2, 0.25) is 0 Å². The molecule has 0 fully saturated rings. The van der Waals surface area contributed by atoms with Crippen LogP contribution in [-0.4, -0.2) is 19.1 Å². The van der Waals surface area contributed by atoms with Crippen molar-refractivity contribution < 1.29 is 0 Å². The molecule has 2 heterocycles. The first-order valence-corrected chi connectivity index (χ1v) is 10.6. The molecule has 4 aromatic rings. The number of rotatable bonds is 7. The van der Waals surface area contributed by atoms with Gasteiger partial charge in [-0.1, -0.05) is 42.0 Å². The molecule has 0 amide bonds. The van der Waals surface area contributed by atoms with Crippen molar-refractivity contribution in [2.24, 2.45) is 0 Å². The van der Waals surface area contributed by atoms with Gasteiger partial charge in [0.1, 0.15) is 0 Å². The van der Waals surface area contributed by atoms with E-state index in [1.807, 2.05) is 31.2 Å². The van der Waals surface area contributed by atoms with Gasteiger partial charge in [0.05, 0.1) is 12.9 Å². The summed E-state index contributed by atoms with van der Waals surface area (Å²) >= 11 is 1.60. The van der Waals surface area contributed by atoms with Gasteiger partial charge in [-0.05, 0) is 49.1 Å². The van der Waals surface area contributed by atoms with Gasteiger partial charge in [-0.2, -0.15) is 0 Å². The highest BCUT2D eigenvalue weighted by molar-refractivity contribution is 7.97. The van der Waals surface area contributed by atoms with E-state index in [0.29, 0.717) is 24.3 Å². The molecule has 0 unspecified atom stereocenters. The van der Waals surface area contributed by atoms with Crippen molar-refractivity contribution in [2.45, 2.75) is 38.4 Å². The van der Waals surface area contributed by atoms with E-state index in [0.717, 1.165) is 17.7 Å². The van der Waals surface area contributed by atoms with Crippen molar-refractivity contribution in [2.75, 3.05) is 0 Å². The Morgan fingerprint density at radius 3 is 2.43 bits per heavy atom. The third-order valence-electron chi connectivity index (χ3n) is 4.95. The highest BCUT2D eigenvalue weighted by Crippen LogP contribution is 2.16. The quantitative estimate of drug-likeness (QED) is 0.448. The molecule has 0 atom stereocenters. The van der Waals surface area contributed by atoms with Gasteiger partial charge in [-0.15, -0.1) is 0 Å². The molecule has 154 valence electrons. The second-order valence-corrected chi connectivity index (χ2v) is 8.07. The lowest BCUT2D eigenvalue weighted by molar-refractivity contribution is 0.742. The fraction of sp³-hybridized carbons (Fsp3) is 0.227. The summed E-state index contributed by atoms with van der Waals surface area (Å²) in [6.07, 6.45) is 1.59. The van der Waals surface area contributed by atoms with E-state index in [-0.39, 0.29) is 0 Å². The van der Waals surface area contributed by atoms with E-state index in [9.17, 15) is 9.59 Å². The van der Waals surface area contributed by atoms with Crippen molar-refractivity contribution >= 4 is 23.1 Å². The summed E-state index contributed by atoms with van der Waals surface area (Å²) in [5.74, 6) is 0. The molecule has 0 aliphatic heterocycles. The molecule has 2 aromatic carbocycles. The van der Waals surface area contributed by atoms with E-state index in [4.69, 9.17) is 0 Å². The Hall–Kier alpha value is -3.10. The first-order chi connectivity index (χ1) is 14.5. The van der Waals surface area contributed by atoms with Crippen LogP contribution in [0.4, 0.5) is 0 Å². The molecule has 7 nitrogen and oxygen atoms in total. The first kappa shape index (κ1) is 20.2. The summed E-state index contributed by atoms with van der Waals surface area (Å²) in [6.45, 7) is 5.69. The smallest absolute Gasteiger partial charge is 0.325 e. The molecule has 2 N–H and O–H groups in total. The topological polar surface area (TPSA) is 84.7 Å². The zero-order valence-electron chi connectivity index (χ0n) is 16.9. The van der Waals surface area contributed by atoms with Crippen molar-refractivity contribution in [1.82, 2.24) is 23.8 Å². The maximum absolute atomic E-state index is 12.4. The molecule has 8 heteroatoms. The Morgan fingerprint density at radius 1 is 1.03 bits per heavy atom. The van der Waals surface area contributed by atoms with Crippen LogP contribution in [0.3, 0.4) is 0 Å². The molecule has 0 bridgehead atoms. The second kappa shape index (κ2) is 8.73. The van der Waals surface area contributed by atoms with Crippen molar-refractivity contribution in [3.05, 3.63) is 92.4 Å². The lowest BCUT2D eigenvalue weighted by atomic mass is 10.1. The van der Waals surface area contributed by atoms with Crippen LogP contribution in [0.15, 0.2) is 69.3 Å². The van der Waals surface area contributed by atoms with Crippen molar-refractivity contribution in [3.8, 4) is 0 Å². The number of hydrogen-bond acceptors (Lipinski definition) is 5. The van der Waals surface area contributed by atoms with Crippen LogP contribution in [0.25, 0.3) is 11.2 Å². The van der Waals surface area contributed by atoms with Gasteiger partial charge >= 0.3 is 5.69 Å². The number of nitrogens with one attached hydrogen (secondary N) is 2. The van der Waals surface area contributed by atoms with E-state index in [2.05, 4.69) is 45.9 Å². The number of aromatic amines is 1. The number of imidazole rings is 1. The maximum Gasteiger partial charge on any atom is 0.330 e. The molecule has 0 saturated heterocycles. The van der Waals surface area contributed by atoms with Crippen LogP contribution in [-0.2, 0) is 19.6 Å². The number of nitrogens with zero attached hydrogens (tertiary/aromatic N) is 3. The Balaban J connectivity index is 1.46. The van der Waals surface area contributed by atoms with Crippen molar-refractivity contribution in [3.63, 3.8) is 0 Å². The molecule has 0 radical (unpaired) electrons. The maximum atomic E-state index is 12.4. The Bertz CT molecular complexity index is 1270.